The van der Waals surface area contributed by atoms with Crippen LogP contribution in [0.15, 0.2) is 75.7 Å². The zero-order chi connectivity index (χ0) is 23.8. The Morgan fingerprint density at radius 3 is 2.52 bits per heavy atom. The molecule has 6 nitrogen and oxygen atoms in total. The number of furan rings is 1. The fourth-order valence-electron chi connectivity index (χ4n) is 3.42. The third kappa shape index (κ3) is 4.27. The van der Waals surface area contributed by atoms with Gasteiger partial charge in [-0.05, 0) is 48.5 Å². The number of hydrogen-bond acceptors (Lipinski definition) is 6. The number of ether oxygens (including phenoxy) is 1. The Hall–Kier alpha value is -3.84. The molecule has 10 heteroatoms. The van der Waals surface area contributed by atoms with E-state index in [4.69, 9.17) is 9.15 Å². The van der Waals surface area contributed by atoms with Crippen molar-refractivity contribution in [2.24, 2.45) is 0 Å². The van der Waals surface area contributed by atoms with Crippen LogP contribution in [0.1, 0.15) is 17.5 Å². The minimum atomic E-state index is -4.49. The van der Waals surface area contributed by atoms with Crippen LogP contribution in [0.2, 0.25) is 0 Å². The summed E-state index contributed by atoms with van der Waals surface area (Å²) in [5.41, 5.74) is -0.179. The molecule has 1 N–H and O–H groups in total. The molecule has 2 aromatic carbocycles. The fraction of sp³-hybridized carbons (Fsp3) is 0.130. The van der Waals surface area contributed by atoms with Crippen molar-refractivity contribution in [3.63, 3.8) is 0 Å². The zero-order valence-electron chi connectivity index (χ0n) is 17.1. The van der Waals surface area contributed by atoms with Gasteiger partial charge in [-0.3, -0.25) is 4.79 Å². The van der Waals surface area contributed by atoms with E-state index in [1.54, 1.807) is 35.2 Å². The number of alkyl halides is 3. The topological polar surface area (TPSA) is 78.5 Å². The van der Waals surface area contributed by atoms with E-state index in [1.807, 2.05) is 6.07 Å². The van der Waals surface area contributed by atoms with Crippen molar-refractivity contribution in [2.75, 3.05) is 12.0 Å². The standard InChI is InChI=1S/C23H16F3N3O3S/c1-31-16-7-5-15(6-8-16)29-20(28-21(30)17(12-27)22(29)33)19-10-9-18(32-19)13-3-2-4-14(11-13)23(24,25)26/h2-11,20,33H,1H3,(H,28,30). The van der Waals surface area contributed by atoms with E-state index in [2.05, 4.69) is 17.9 Å². The molecule has 1 aromatic heterocycles. The van der Waals surface area contributed by atoms with E-state index in [0.717, 1.165) is 12.1 Å². The first kappa shape index (κ1) is 22.4. The summed E-state index contributed by atoms with van der Waals surface area (Å²) in [5.74, 6) is 0.395. The molecule has 0 bridgehead atoms. The van der Waals surface area contributed by atoms with Gasteiger partial charge in [0.1, 0.15) is 28.9 Å². The van der Waals surface area contributed by atoms with Crippen molar-refractivity contribution in [1.82, 2.24) is 5.32 Å². The smallest absolute Gasteiger partial charge is 0.416 e. The first-order chi connectivity index (χ1) is 15.7. The molecule has 168 valence electrons. The lowest BCUT2D eigenvalue weighted by molar-refractivity contribution is -0.137. The van der Waals surface area contributed by atoms with Crippen molar-refractivity contribution < 1.29 is 27.1 Å². The number of carbonyl (C=O) groups is 1. The van der Waals surface area contributed by atoms with Crippen molar-refractivity contribution in [3.05, 3.63) is 82.6 Å². The summed E-state index contributed by atoms with van der Waals surface area (Å²) >= 11 is 4.41. The molecule has 1 aliphatic heterocycles. The van der Waals surface area contributed by atoms with E-state index < -0.39 is 23.8 Å². The lowest BCUT2D eigenvalue weighted by Gasteiger charge is -2.36. The lowest BCUT2D eigenvalue weighted by atomic mass is 10.1. The Morgan fingerprint density at radius 1 is 1.15 bits per heavy atom. The molecule has 4 rings (SSSR count). The number of methoxy groups -OCH3 is 1. The van der Waals surface area contributed by atoms with Crippen LogP contribution < -0.4 is 15.0 Å². The largest absolute Gasteiger partial charge is 0.497 e. The number of thiol groups is 1. The van der Waals surface area contributed by atoms with Gasteiger partial charge in [-0.1, -0.05) is 12.1 Å². The van der Waals surface area contributed by atoms with Gasteiger partial charge in [-0.15, -0.1) is 12.6 Å². The highest BCUT2D eigenvalue weighted by Gasteiger charge is 2.36. The summed E-state index contributed by atoms with van der Waals surface area (Å²) in [4.78, 5) is 14.1. The van der Waals surface area contributed by atoms with Crippen molar-refractivity contribution in [1.29, 1.82) is 5.26 Å². The molecule has 1 aliphatic rings. The molecule has 3 aromatic rings. The van der Waals surface area contributed by atoms with E-state index in [0.29, 0.717) is 11.4 Å². The van der Waals surface area contributed by atoms with Crippen LogP contribution in [0, 0.1) is 11.3 Å². The van der Waals surface area contributed by atoms with Gasteiger partial charge in [-0.2, -0.15) is 18.4 Å². The van der Waals surface area contributed by atoms with Crippen LogP contribution >= 0.6 is 12.6 Å². The Kier molecular flexibility index (Phi) is 5.82. The van der Waals surface area contributed by atoms with Gasteiger partial charge in [0, 0.05) is 11.3 Å². The maximum atomic E-state index is 13.1. The van der Waals surface area contributed by atoms with Crippen LogP contribution in [0.5, 0.6) is 5.75 Å². The number of nitrogens with one attached hydrogen (secondary N) is 1. The highest BCUT2D eigenvalue weighted by molar-refractivity contribution is 7.84. The fourth-order valence-corrected chi connectivity index (χ4v) is 3.80. The SMILES string of the molecule is COc1ccc(N2C(S)=C(C#N)C(=O)NC2c2ccc(-c3cccc(C(F)(F)F)c3)o2)cc1. The number of rotatable bonds is 4. The van der Waals surface area contributed by atoms with E-state index in [9.17, 15) is 23.2 Å². The average molecular weight is 471 g/mol. The predicted octanol–water partition coefficient (Wildman–Crippen LogP) is 5.27. The summed E-state index contributed by atoms with van der Waals surface area (Å²) < 4.78 is 50.3. The molecule has 0 fully saturated rings. The molecule has 33 heavy (non-hydrogen) atoms. The second-order valence-corrected chi connectivity index (χ2v) is 7.46. The quantitative estimate of drug-likeness (QED) is 0.507. The number of carbonyl (C=O) groups excluding carboxylic acids is 1. The van der Waals surface area contributed by atoms with E-state index in [-0.39, 0.29) is 27.7 Å². The zero-order valence-corrected chi connectivity index (χ0v) is 17.9. The van der Waals surface area contributed by atoms with E-state index in [1.165, 1.54) is 25.3 Å². The van der Waals surface area contributed by atoms with Crippen LogP contribution in [0.25, 0.3) is 11.3 Å². The number of amides is 1. The molecule has 1 amide bonds. The number of anilines is 1. The average Bonchev–Trinajstić information content (AvgIpc) is 3.29. The van der Waals surface area contributed by atoms with Gasteiger partial charge < -0.3 is 19.4 Å². The number of nitriles is 1. The summed E-state index contributed by atoms with van der Waals surface area (Å²) in [5, 5.41) is 12.2. The van der Waals surface area contributed by atoms with Gasteiger partial charge in [0.05, 0.1) is 17.7 Å². The van der Waals surface area contributed by atoms with Gasteiger partial charge in [0.25, 0.3) is 5.91 Å². The van der Waals surface area contributed by atoms with Gasteiger partial charge >= 0.3 is 6.18 Å². The molecule has 1 atom stereocenters. The maximum Gasteiger partial charge on any atom is 0.416 e. The molecule has 2 heterocycles. The monoisotopic (exact) mass is 471 g/mol. The maximum absolute atomic E-state index is 13.1. The van der Waals surface area contributed by atoms with Crippen LogP contribution in [0.3, 0.4) is 0 Å². The Balaban J connectivity index is 1.76. The van der Waals surface area contributed by atoms with Crippen LogP contribution in [-0.4, -0.2) is 13.0 Å². The molecule has 0 saturated carbocycles. The van der Waals surface area contributed by atoms with Crippen molar-refractivity contribution in [2.45, 2.75) is 12.3 Å². The van der Waals surface area contributed by atoms with Gasteiger partial charge in [-0.25, -0.2) is 0 Å². The molecule has 0 spiro atoms. The molecular weight excluding hydrogens is 455 g/mol. The highest BCUT2D eigenvalue weighted by Crippen LogP contribution is 2.38. The summed E-state index contributed by atoms with van der Waals surface area (Å²) in [6, 6.07) is 16.5. The lowest BCUT2D eigenvalue weighted by Crippen LogP contribution is -2.45. The van der Waals surface area contributed by atoms with Crippen LogP contribution in [-0.2, 0) is 11.0 Å². The third-order valence-electron chi connectivity index (χ3n) is 5.04. The summed E-state index contributed by atoms with van der Waals surface area (Å²) in [6.07, 6.45) is -5.39. The second-order valence-electron chi connectivity index (χ2n) is 7.04. The number of nitrogens with zero attached hydrogens (tertiary/aromatic N) is 2. The molecule has 0 aliphatic carbocycles. The molecule has 0 radical (unpaired) electrons. The number of halogens is 3. The molecule has 0 saturated heterocycles. The Bertz CT molecular complexity index is 1280. The summed E-state index contributed by atoms with van der Waals surface area (Å²) in [7, 11) is 1.52. The van der Waals surface area contributed by atoms with E-state index >= 15 is 0 Å². The molecular formula is C23H16F3N3O3S. The van der Waals surface area contributed by atoms with Crippen molar-refractivity contribution in [3.8, 4) is 23.1 Å². The summed E-state index contributed by atoms with van der Waals surface area (Å²) in [6.45, 7) is 0. The normalized spacial score (nSPS) is 16.4. The Morgan fingerprint density at radius 2 is 1.88 bits per heavy atom. The van der Waals surface area contributed by atoms with Gasteiger partial charge in [0.2, 0.25) is 0 Å². The predicted molar refractivity (Wildman–Crippen MR) is 117 cm³/mol. The number of benzene rings is 2. The number of hydrogen-bond donors (Lipinski definition) is 2. The minimum Gasteiger partial charge on any atom is -0.497 e. The minimum absolute atomic E-state index is 0.105. The van der Waals surface area contributed by atoms with Gasteiger partial charge in [0.15, 0.2) is 6.17 Å². The Labute approximate surface area is 192 Å². The molecule has 1 unspecified atom stereocenters. The third-order valence-corrected chi connectivity index (χ3v) is 5.48. The first-order valence-corrected chi connectivity index (χ1v) is 10.0. The van der Waals surface area contributed by atoms with Crippen molar-refractivity contribution >= 4 is 24.2 Å². The first-order valence-electron chi connectivity index (χ1n) is 9.58. The second kappa shape index (κ2) is 8.60. The van der Waals surface area contributed by atoms with Crippen LogP contribution in [0.4, 0.5) is 18.9 Å². The highest BCUT2D eigenvalue weighted by atomic mass is 32.1.